The number of benzene rings is 2. The van der Waals surface area contributed by atoms with Crippen LogP contribution in [0.5, 0.6) is 0 Å². The van der Waals surface area contributed by atoms with Crippen molar-refractivity contribution in [3.05, 3.63) is 81.4 Å². The molecular weight excluding hydrogens is 558 g/mol. The van der Waals surface area contributed by atoms with E-state index in [4.69, 9.17) is 0 Å². The first-order valence-corrected chi connectivity index (χ1v) is 12.5. The summed E-state index contributed by atoms with van der Waals surface area (Å²) in [5, 5.41) is 0. The Morgan fingerprint density at radius 3 is 1.69 bits per heavy atom. The SMILES string of the molecule is CC1[C-]=CC(C(C)(C)C)=C1.Cc1[c-]c2c(cc1C(C)(C)C)-c1cc(C(C)(C)C)c(C)cc1C2.[Cl-].[Cl-].[Zr+4]. The van der Waals surface area contributed by atoms with Crippen LogP contribution in [-0.2, 0) is 43.5 Å². The van der Waals surface area contributed by atoms with Gasteiger partial charge in [-0.2, -0.15) is 29.3 Å². The summed E-state index contributed by atoms with van der Waals surface area (Å²) in [4.78, 5) is 0. The molecule has 0 amide bonds. The Balaban J connectivity index is 0.000000808. The van der Waals surface area contributed by atoms with Crippen LogP contribution in [0.15, 0.2) is 35.9 Å². The molecule has 0 saturated carbocycles. The van der Waals surface area contributed by atoms with Gasteiger partial charge in [-0.15, -0.1) is 16.7 Å². The minimum absolute atomic E-state index is 0. The Hall–Kier alpha value is -0.617. The van der Waals surface area contributed by atoms with Crippen molar-refractivity contribution in [1.29, 1.82) is 0 Å². The van der Waals surface area contributed by atoms with E-state index in [-0.39, 0.29) is 61.8 Å². The number of hydrogen-bond donors (Lipinski definition) is 0. The van der Waals surface area contributed by atoms with Gasteiger partial charge in [-0.1, -0.05) is 111 Å². The number of allylic oxidation sites excluding steroid dienone is 4. The van der Waals surface area contributed by atoms with Crippen molar-refractivity contribution >= 4 is 0 Å². The zero-order chi connectivity index (χ0) is 24.9. The number of rotatable bonds is 0. The second-order valence-electron chi connectivity index (χ2n) is 13.2. The molecule has 2 aromatic rings. The first kappa shape index (κ1) is 35.4. The van der Waals surface area contributed by atoms with Gasteiger partial charge in [-0.3, -0.25) is 6.08 Å². The van der Waals surface area contributed by atoms with Gasteiger partial charge in [0.2, 0.25) is 0 Å². The van der Waals surface area contributed by atoms with E-state index in [1.165, 1.54) is 50.1 Å². The van der Waals surface area contributed by atoms with E-state index in [2.05, 4.69) is 126 Å². The third-order valence-electron chi connectivity index (χ3n) is 6.88. The van der Waals surface area contributed by atoms with E-state index >= 15 is 0 Å². The van der Waals surface area contributed by atoms with Crippen LogP contribution in [-0.4, -0.2) is 0 Å². The third-order valence-corrected chi connectivity index (χ3v) is 6.88. The van der Waals surface area contributed by atoms with Crippen LogP contribution in [0.1, 0.15) is 103 Å². The fourth-order valence-electron chi connectivity index (χ4n) is 5.08. The Labute approximate surface area is 253 Å². The number of hydrogen-bond acceptors (Lipinski definition) is 0. The van der Waals surface area contributed by atoms with Gasteiger partial charge in [0.15, 0.2) is 0 Å². The molecule has 0 aliphatic heterocycles. The smallest absolute Gasteiger partial charge is 1.00 e. The maximum atomic E-state index is 3.69. The van der Waals surface area contributed by atoms with Crippen LogP contribution in [0.3, 0.4) is 0 Å². The normalized spacial score (nSPS) is 15.9. The van der Waals surface area contributed by atoms with Crippen molar-refractivity contribution in [2.24, 2.45) is 11.3 Å². The van der Waals surface area contributed by atoms with Crippen molar-refractivity contribution in [2.75, 3.05) is 0 Å². The molecule has 0 saturated heterocycles. The molecule has 3 heteroatoms. The molecule has 0 aromatic heterocycles. The molecule has 0 N–H and O–H groups in total. The molecule has 0 nitrogen and oxygen atoms in total. The molecule has 2 aliphatic rings. The van der Waals surface area contributed by atoms with Crippen LogP contribution in [0.25, 0.3) is 11.1 Å². The Bertz CT molecular complexity index is 1050. The monoisotopic (exact) mass is 600 g/mol. The Kier molecular flexibility index (Phi) is 12.3. The average Bonchev–Trinajstić information content (AvgIpc) is 3.21. The second-order valence-corrected chi connectivity index (χ2v) is 13.2. The number of aryl methyl sites for hydroxylation is 2. The van der Waals surface area contributed by atoms with Gasteiger partial charge in [-0.05, 0) is 35.4 Å². The largest absolute Gasteiger partial charge is 4.00 e. The van der Waals surface area contributed by atoms with E-state index in [1.54, 1.807) is 0 Å². The first-order chi connectivity index (χ1) is 15.0. The quantitative estimate of drug-likeness (QED) is 0.347. The van der Waals surface area contributed by atoms with Crippen LogP contribution < -0.4 is 24.8 Å². The van der Waals surface area contributed by atoms with Gasteiger partial charge in [0.1, 0.15) is 0 Å². The van der Waals surface area contributed by atoms with Gasteiger partial charge < -0.3 is 24.8 Å². The van der Waals surface area contributed by atoms with Crippen molar-refractivity contribution in [3.63, 3.8) is 0 Å². The summed E-state index contributed by atoms with van der Waals surface area (Å²) in [5.74, 6) is 0.522. The number of halogens is 2. The van der Waals surface area contributed by atoms with Gasteiger partial charge >= 0.3 is 26.2 Å². The zero-order valence-electron chi connectivity index (χ0n) is 24.4. The van der Waals surface area contributed by atoms with Gasteiger partial charge in [0, 0.05) is 0 Å². The second kappa shape index (κ2) is 12.5. The molecular formula is C33H44Cl2Zr. The summed E-state index contributed by atoms with van der Waals surface area (Å²) in [7, 11) is 0. The third kappa shape index (κ3) is 7.94. The predicted molar refractivity (Wildman–Crippen MR) is 145 cm³/mol. The molecule has 1 unspecified atom stereocenters. The van der Waals surface area contributed by atoms with Gasteiger partial charge in [-0.25, -0.2) is 6.08 Å². The maximum Gasteiger partial charge on any atom is 4.00 e. The number of fused-ring (bicyclic) bond motifs is 3. The Morgan fingerprint density at radius 1 is 0.750 bits per heavy atom. The summed E-state index contributed by atoms with van der Waals surface area (Å²) in [6.45, 7) is 27.1. The minimum atomic E-state index is 0. The maximum absolute atomic E-state index is 3.69. The van der Waals surface area contributed by atoms with E-state index in [0.29, 0.717) is 11.3 Å². The average molecular weight is 603 g/mol. The van der Waals surface area contributed by atoms with Crippen molar-refractivity contribution < 1.29 is 51.0 Å². The summed E-state index contributed by atoms with van der Waals surface area (Å²) >= 11 is 0. The molecule has 2 aliphatic carbocycles. The summed E-state index contributed by atoms with van der Waals surface area (Å²) in [5.41, 5.74) is 13.3. The standard InChI is InChI=1S/C23H29.C10H15.2ClH.Zr/c1-14-9-16-11-17-10-15(2)21(23(6,7)8)13-19(17)18(16)12-20(14)22(3,4)5;1-8-5-6-9(7-8)10(2,3)4;;;/h9,12-13H,11H2,1-8H3;6-8H,1-4H3;2*1H;/q2*-1;;;+4/p-2. The molecule has 0 bridgehead atoms. The fourth-order valence-corrected chi connectivity index (χ4v) is 5.08. The van der Waals surface area contributed by atoms with Crippen LogP contribution in [0.2, 0.25) is 0 Å². The van der Waals surface area contributed by atoms with E-state index in [1.807, 2.05) is 0 Å². The van der Waals surface area contributed by atoms with E-state index in [0.717, 1.165) is 6.42 Å². The molecule has 194 valence electrons. The molecule has 0 fully saturated rings. The molecule has 4 rings (SSSR count). The summed E-state index contributed by atoms with van der Waals surface area (Å²) < 4.78 is 0. The molecule has 0 heterocycles. The van der Waals surface area contributed by atoms with Crippen molar-refractivity contribution in [3.8, 4) is 11.1 Å². The zero-order valence-corrected chi connectivity index (χ0v) is 28.4. The fraction of sp³-hybridized carbons (Fsp3) is 0.515. The Morgan fingerprint density at radius 2 is 1.28 bits per heavy atom. The first-order valence-electron chi connectivity index (χ1n) is 12.5. The van der Waals surface area contributed by atoms with Crippen LogP contribution in [0.4, 0.5) is 0 Å². The predicted octanol–water partition coefficient (Wildman–Crippen LogP) is 3.24. The molecule has 0 radical (unpaired) electrons. The minimum Gasteiger partial charge on any atom is -1.00 e. The molecule has 0 spiro atoms. The molecule has 1 atom stereocenters. The van der Waals surface area contributed by atoms with Gasteiger partial charge in [0.25, 0.3) is 0 Å². The van der Waals surface area contributed by atoms with E-state index < -0.39 is 0 Å². The van der Waals surface area contributed by atoms with Gasteiger partial charge in [0.05, 0.1) is 0 Å². The van der Waals surface area contributed by atoms with Crippen LogP contribution in [0, 0.1) is 37.3 Å². The summed E-state index contributed by atoms with van der Waals surface area (Å²) in [6, 6.07) is 10.9. The molecule has 36 heavy (non-hydrogen) atoms. The topological polar surface area (TPSA) is 0 Å². The summed E-state index contributed by atoms with van der Waals surface area (Å²) in [6.07, 6.45) is 8.68. The molecule has 2 aromatic carbocycles. The van der Waals surface area contributed by atoms with Crippen molar-refractivity contribution in [1.82, 2.24) is 0 Å². The van der Waals surface area contributed by atoms with Crippen LogP contribution >= 0.6 is 0 Å². The van der Waals surface area contributed by atoms with E-state index in [9.17, 15) is 0 Å². The van der Waals surface area contributed by atoms with Crippen molar-refractivity contribution in [2.45, 2.75) is 100 Å².